The molecule has 0 bridgehead atoms. The topological polar surface area (TPSA) is 109 Å². The Balaban J connectivity index is 1.51. The standard InChI is InChI=1S/C27H32N6O2S/c1-3-29-25(34)22-19-8-4-5-9-21(19)36-27(22)33-26(35)23-24(30-15-20(32-23)17-10-11-17)31-18-13-16(2)7-6-12-28-14-18/h6,12,14-17H,3-5,7-11,13H2,1-2H3,(H,29,34)(H,33,35)/b12-6+,28-14?,31-18?. The molecule has 3 aliphatic rings. The molecular weight excluding hydrogens is 472 g/mol. The molecule has 0 spiro atoms. The number of rotatable bonds is 6. The van der Waals surface area contributed by atoms with E-state index < -0.39 is 0 Å². The van der Waals surface area contributed by atoms with E-state index in [1.165, 1.54) is 16.2 Å². The van der Waals surface area contributed by atoms with Gasteiger partial charge in [-0.3, -0.25) is 14.6 Å². The highest BCUT2D eigenvalue weighted by molar-refractivity contribution is 7.17. The van der Waals surface area contributed by atoms with Crippen molar-refractivity contribution in [3.63, 3.8) is 0 Å². The minimum Gasteiger partial charge on any atom is -0.352 e. The molecule has 2 aliphatic carbocycles. The van der Waals surface area contributed by atoms with Crippen molar-refractivity contribution in [2.45, 2.75) is 71.1 Å². The van der Waals surface area contributed by atoms with Crippen LogP contribution in [0.3, 0.4) is 0 Å². The van der Waals surface area contributed by atoms with Crippen molar-refractivity contribution < 1.29 is 9.59 Å². The molecular formula is C27H32N6O2S. The first-order valence-electron chi connectivity index (χ1n) is 12.9. The van der Waals surface area contributed by atoms with Crippen LogP contribution in [0.15, 0.2) is 28.5 Å². The number of aliphatic imine (C=N–C) groups is 2. The van der Waals surface area contributed by atoms with Crippen LogP contribution in [0.2, 0.25) is 0 Å². The summed E-state index contributed by atoms with van der Waals surface area (Å²) in [6.07, 6.45) is 15.0. The molecule has 3 heterocycles. The zero-order valence-corrected chi connectivity index (χ0v) is 21.7. The number of carbonyl (C=O) groups is 2. The van der Waals surface area contributed by atoms with E-state index in [1.807, 2.05) is 13.0 Å². The number of allylic oxidation sites excluding steroid dienone is 1. The Kier molecular flexibility index (Phi) is 7.36. The summed E-state index contributed by atoms with van der Waals surface area (Å²) < 4.78 is 0. The van der Waals surface area contributed by atoms with Gasteiger partial charge in [0.1, 0.15) is 5.00 Å². The number of fused-ring (bicyclic) bond motifs is 1. The van der Waals surface area contributed by atoms with Crippen molar-refractivity contribution in [2.24, 2.45) is 15.9 Å². The molecule has 2 amide bonds. The number of thiophene rings is 1. The number of nitrogens with one attached hydrogen (secondary N) is 2. The maximum absolute atomic E-state index is 13.7. The molecule has 5 rings (SSSR count). The summed E-state index contributed by atoms with van der Waals surface area (Å²) in [5, 5.41) is 6.52. The Morgan fingerprint density at radius 1 is 1.19 bits per heavy atom. The lowest BCUT2D eigenvalue weighted by Crippen LogP contribution is -2.25. The fourth-order valence-electron chi connectivity index (χ4n) is 4.70. The molecule has 2 N–H and O–H groups in total. The molecule has 1 aliphatic heterocycles. The van der Waals surface area contributed by atoms with Crippen LogP contribution in [0.25, 0.3) is 0 Å². The van der Waals surface area contributed by atoms with Gasteiger partial charge in [-0.15, -0.1) is 11.3 Å². The number of carbonyl (C=O) groups excluding carboxylic acids is 2. The quantitative estimate of drug-likeness (QED) is 0.550. The number of nitrogens with zero attached hydrogens (tertiary/aromatic N) is 4. The fourth-order valence-corrected chi connectivity index (χ4v) is 5.98. The summed E-state index contributed by atoms with van der Waals surface area (Å²) in [6, 6.07) is 0. The zero-order valence-electron chi connectivity index (χ0n) is 20.8. The predicted octanol–water partition coefficient (Wildman–Crippen LogP) is 5.38. The number of aromatic nitrogens is 2. The molecule has 1 unspecified atom stereocenters. The van der Waals surface area contributed by atoms with Gasteiger partial charge in [0.15, 0.2) is 11.5 Å². The van der Waals surface area contributed by atoms with Crippen LogP contribution in [-0.4, -0.2) is 40.3 Å². The second-order valence-electron chi connectivity index (χ2n) is 9.78. The lowest BCUT2D eigenvalue weighted by molar-refractivity contribution is 0.0956. The normalized spacial score (nSPS) is 21.4. The van der Waals surface area contributed by atoms with Gasteiger partial charge in [0.05, 0.1) is 23.2 Å². The van der Waals surface area contributed by atoms with Crippen LogP contribution in [0.4, 0.5) is 10.8 Å². The molecule has 0 saturated heterocycles. The molecule has 188 valence electrons. The van der Waals surface area contributed by atoms with Gasteiger partial charge in [-0.1, -0.05) is 13.0 Å². The van der Waals surface area contributed by atoms with Gasteiger partial charge in [0, 0.05) is 29.8 Å². The first-order valence-corrected chi connectivity index (χ1v) is 13.7. The van der Waals surface area contributed by atoms with Gasteiger partial charge in [0.25, 0.3) is 11.8 Å². The maximum atomic E-state index is 13.7. The summed E-state index contributed by atoms with van der Waals surface area (Å²) in [6.45, 7) is 4.59. The Bertz CT molecular complexity index is 1260. The summed E-state index contributed by atoms with van der Waals surface area (Å²) in [4.78, 5) is 46.1. The minimum absolute atomic E-state index is 0.141. The number of hydrogen-bond acceptors (Lipinski definition) is 7. The molecule has 8 nitrogen and oxygen atoms in total. The molecule has 2 aromatic rings. The number of amides is 2. The van der Waals surface area contributed by atoms with E-state index in [-0.39, 0.29) is 23.3 Å². The largest absolute Gasteiger partial charge is 0.352 e. The van der Waals surface area contributed by atoms with Crippen molar-refractivity contribution in [2.75, 3.05) is 11.9 Å². The third-order valence-electron chi connectivity index (χ3n) is 6.71. The van der Waals surface area contributed by atoms with Crippen LogP contribution in [0, 0.1) is 5.92 Å². The Morgan fingerprint density at radius 3 is 2.83 bits per heavy atom. The third-order valence-corrected chi connectivity index (χ3v) is 7.91. The lowest BCUT2D eigenvalue weighted by atomic mass is 9.95. The Hall–Kier alpha value is -3.20. The number of anilines is 1. The van der Waals surface area contributed by atoms with E-state index in [2.05, 4.69) is 27.5 Å². The second kappa shape index (κ2) is 10.8. The van der Waals surface area contributed by atoms with Crippen LogP contribution in [0.1, 0.15) is 95.3 Å². The van der Waals surface area contributed by atoms with Crippen molar-refractivity contribution >= 4 is 45.9 Å². The first-order chi connectivity index (χ1) is 17.5. The van der Waals surface area contributed by atoms with Gasteiger partial charge in [0.2, 0.25) is 0 Å². The van der Waals surface area contributed by atoms with Crippen LogP contribution in [0.5, 0.6) is 0 Å². The Morgan fingerprint density at radius 2 is 2.03 bits per heavy atom. The zero-order chi connectivity index (χ0) is 25.1. The smallest absolute Gasteiger partial charge is 0.278 e. The van der Waals surface area contributed by atoms with Crippen molar-refractivity contribution in [1.82, 2.24) is 15.3 Å². The molecule has 36 heavy (non-hydrogen) atoms. The predicted molar refractivity (Wildman–Crippen MR) is 144 cm³/mol. The van der Waals surface area contributed by atoms with Crippen molar-refractivity contribution in [3.8, 4) is 0 Å². The molecule has 1 saturated carbocycles. The number of aryl methyl sites for hydroxylation is 1. The minimum atomic E-state index is -0.385. The average Bonchev–Trinajstić information content (AvgIpc) is 3.63. The fraction of sp³-hybridized carbons (Fsp3) is 0.481. The van der Waals surface area contributed by atoms with Gasteiger partial charge in [-0.25, -0.2) is 15.0 Å². The van der Waals surface area contributed by atoms with Crippen molar-refractivity contribution in [3.05, 3.63) is 45.9 Å². The summed E-state index contributed by atoms with van der Waals surface area (Å²) in [7, 11) is 0. The SMILES string of the molecule is CCNC(=O)c1c(NC(=O)c2nc(C3CC3)cnc2N=C2C=N/C=C/CC(C)C2)sc2c1CCCC2. The van der Waals surface area contributed by atoms with E-state index in [0.29, 0.717) is 28.9 Å². The third kappa shape index (κ3) is 5.46. The Labute approximate surface area is 215 Å². The highest BCUT2D eigenvalue weighted by Gasteiger charge is 2.30. The highest BCUT2D eigenvalue weighted by atomic mass is 32.1. The summed E-state index contributed by atoms with van der Waals surface area (Å²) >= 11 is 1.50. The molecule has 9 heteroatoms. The highest BCUT2D eigenvalue weighted by Crippen LogP contribution is 2.40. The molecule has 0 radical (unpaired) electrons. The van der Waals surface area contributed by atoms with E-state index in [9.17, 15) is 9.59 Å². The van der Waals surface area contributed by atoms with Crippen LogP contribution >= 0.6 is 11.3 Å². The summed E-state index contributed by atoms with van der Waals surface area (Å²) in [5.41, 5.74) is 3.44. The second-order valence-corrected chi connectivity index (χ2v) is 10.9. The van der Waals surface area contributed by atoms with Crippen LogP contribution in [-0.2, 0) is 12.8 Å². The monoisotopic (exact) mass is 504 g/mol. The number of hydrogen-bond donors (Lipinski definition) is 2. The first kappa shape index (κ1) is 24.5. The van der Waals surface area contributed by atoms with Gasteiger partial charge in [-0.2, -0.15) is 0 Å². The van der Waals surface area contributed by atoms with Gasteiger partial charge < -0.3 is 10.6 Å². The van der Waals surface area contributed by atoms with E-state index >= 15 is 0 Å². The lowest BCUT2D eigenvalue weighted by Gasteiger charge is -2.13. The van der Waals surface area contributed by atoms with Gasteiger partial charge >= 0.3 is 0 Å². The summed E-state index contributed by atoms with van der Waals surface area (Å²) in [5.74, 6) is 0.511. The molecule has 1 atom stereocenters. The molecule has 0 aromatic carbocycles. The van der Waals surface area contributed by atoms with Gasteiger partial charge in [-0.05, 0) is 69.8 Å². The van der Waals surface area contributed by atoms with E-state index in [0.717, 1.165) is 68.3 Å². The van der Waals surface area contributed by atoms with E-state index in [4.69, 9.17) is 9.98 Å². The molecule has 2 aromatic heterocycles. The average molecular weight is 505 g/mol. The van der Waals surface area contributed by atoms with E-state index in [1.54, 1.807) is 18.6 Å². The van der Waals surface area contributed by atoms with Crippen LogP contribution < -0.4 is 10.6 Å². The molecule has 1 fully saturated rings. The van der Waals surface area contributed by atoms with Crippen molar-refractivity contribution in [1.29, 1.82) is 0 Å². The maximum Gasteiger partial charge on any atom is 0.278 e.